The second-order valence-electron chi connectivity index (χ2n) is 3.19. The van der Waals surface area contributed by atoms with Gasteiger partial charge in [0.05, 0.1) is 5.56 Å². The average molecular weight is 243 g/mol. The molecule has 17 heavy (non-hydrogen) atoms. The summed E-state index contributed by atoms with van der Waals surface area (Å²) in [7, 11) is 0. The Morgan fingerprint density at radius 3 is 2.59 bits per heavy atom. The van der Waals surface area contributed by atoms with Gasteiger partial charge in [-0.05, 0) is 18.2 Å². The van der Waals surface area contributed by atoms with Crippen molar-refractivity contribution < 1.29 is 13.2 Å². The summed E-state index contributed by atoms with van der Waals surface area (Å²) in [6.45, 7) is 0. The van der Waals surface area contributed by atoms with Gasteiger partial charge >= 0.3 is 6.18 Å². The van der Waals surface area contributed by atoms with Crippen LogP contribution >= 0.6 is 0 Å². The molecule has 0 aromatic carbocycles. The van der Waals surface area contributed by atoms with E-state index < -0.39 is 11.7 Å². The Kier molecular flexibility index (Phi) is 2.72. The van der Waals surface area contributed by atoms with Crippen LogP contribution in [0.4, 0.5) is 19.0 Å². The molecule has 2 aromatic heterocycles. The van der Waals surface area contributed by atoms with Crippen LogP contribution in [-0.4, -0.2) is 14.8 Å². The maximum absolute atomic E-state index is 12.6. The fourth-order valence-corrected chi connectivity index (χ4v) is 1.28. The number of nitrogens with one attached hydrogen (secondary N) is 1. The standard InChI is InChI=1S/C9H8F3N5/c10-9(11,12)6-4-7(16-13)15-8(5-6)17-3-1-2-14-17/h1-5H,13H2,(H,15,16). The van der Waals surface area contributed by atoms with Gasteiger partial charge < -0.3 is 5.43 Å². The largest absolute Gasteiger partial charge is 0.416 e. The minimum Gasteiger partial charge on any atom is -0.308 e. The van der Waals surface area contributed by atoms with E-state index >= 15 is 0 Å². The summed E-state index contributed by atoms with van der Waals surface area (Å²) in [5, 5.41) is 3.80. The molecule has 2 heterocycles. The van der Waals surface area contributed by atoms with Crippen LogP contribution in [-0.2, 0) is 6.18 Å². The SMILES string of the molecule is NNc1cc(C(F)(F)F)cc(-n2cccn2)n1. The van der Waals surface area contributed by atoms with Crippen LogP contribution in [0, 0.1) is 0 Å². The zero-order valence-corrected chi connectivity index (χ0v) is 8.44. The van der Waals surface area contributed by atoms with E-state index in [1.165, 1.54) is 17.1 Å². The minimum atomic E-state index is -4.46. The molecular weight excluding hydrogens is 235 g/mol. The van der Waals surface area contributed by atoms with Gasteiger partial charge in [-0.1, -0.05) is 0 Å². The first-order chi connectivity index (χ1) is 8.00. The normalized spacial score (nSPS) is 11.5. The van der Waals surface area contributed by atoms with Crippen LogP contribution in [0.3, 0.4) is 0 Å². The smallest absolute Gasteiger partial charge is 0.308 e. The van der Waals surface area contributed by atoms with Gasteiger partial charge in [-0.25, -0.2) is 15.5 Å². The number of nitrogens with two attached hydrogens (primary N) is 1. The molecule has 8 heteroatoms. The summed E-state index contributed by atoms with van der Waals surface area (Å²) in [4.78, 5) is 3.87. The van der Waals surface area contributed by atoms with Gasteiger partial charge in [0.15, 0.2) is 5.82 Å². The van der Waals surface area contributed by atoms with Crippen LogP contribution in [0.5, 0.6) is 0 Å². The molecule has 0 fully saturated rings. The zero-order chi connectivity index (χ0) is 12.5. The number of pyridine rings is 1. The number of aromatic nitrogens is 3. The molecule has 0 saturated heterocycles. The lowest BCUT2D eigenvalue weighted by molar-refractivity contribution is -0.137. The number of rotatable bonds is 2. The van der Waals surface area contributed by atoms with E-state index in [0.717, 1.165) is 12.1 Å². The first kappa shape index (κ1) is 11.4. The van der Waals surface area contributed by atoms with E-state index in [4.69, 9.17) is 5.84 Å². The number of hydrazine groups is 1. The van der Waals surface area contributed by atoms with E-state index in [9.17, 15) is 13.2 Å². The number of halogens is 3. The molecule has 0 radical (unpaired) electrons. The summed E-state index contributed by atoms with van der Waals surface area (Å²) < 4.78 is 39.0. The lowest BCUT2D eigenvalue weighted by Gasteiger charge is -2.10. The molecule has 0 aliphatic heterocycles. The topological polar surface area (TPSA) is 68.8 Å². The fraction of sp³-hybridized carbons (Fsp3) is 0.111. The number of nitrogens with zero attached hydrogens (tertiary/aromatic N) is 3. The third-order valence-corrected chi connectivity index (χ3v) is 2.03. The molecule has 5 nitrogen and oxygen atoms in total. The molecule has 0 spiro atoms. The van der Waals surface area contributed by atoms with Gasteiger partial charge in [0.1, 0.15) is 5.82 Å². The second kappa shape index (κ2) is 4.06. The summed E-state index contributed by atoms with van der Waals surface area (Å²) in [6, 6.07) is 3.30. The van der Waals surface area contributed by atoms with Gasteiger partial charge in [-0.2, -0.15) is 18.3 Å². The molecule has 0 aliphatic carbocycles. The molecule has 0 saturated carbocycles. The number of anilines is 1. The van der Waals surface area contributed by atoms with Crippen molar-refractivity contribution in [1.29, 1.82) is 0 Å². The third kappa shape index (κ3) is 2.36. The predicted molar refractivity (Wildman–Crippen MR) is 54.2 cm³/mol. The van der Waals surface area contributed by atoms with Crippen LogP contribution in [0.2, 0.25) is 0 Å². The molecule has 3 N–H and O–H groups in total. The average Bonchev–Trinajstić information content (AvgIpc) is 2.80. The van der Waals surface area contributed by atoms with Crippen molar-refractivity contribution in [2.75, 3.05) is 5.43 Å². The zero-order valence-electron chi connectivity index (χ0n) is 8.44. The molecule has 0 unspecified atom stereocenters. The van der Waals surface area contributed by atoms with Gasteiger partial charge in [-0.15, -0.1) is 0 Å². The van der Waals surface area contributed by atoms with Gasteiger partial charge in [0.25, 0.3) is 0 Å². The van der Waals surface area contributed by atoms with Crippen molar-refractivity contribution >= 4 is 5.82 Å². The predicted octanol–water partition coefficient (Wildman–Crippen LogP) is 1.57. The van der Waals surface area contributed by atoms with Gasteiger partial charge in [-0.3, -0.25) is 0 Å². The molecule has 0 amide bonds. The quantitative estimate of drug-likeness (QED) is 0.620. The maximum atomic E-state index is 12.6. The van der Waals surface area contributed by atoms with Gasteiger partial charge in [0, 0.05) is 12.4 Å². The van der Waals surface area contributed by atoms with Crippen molar-refractivity contribution in [2.45, 2.75) is 6.18 Å². The highest BCUT2D eigenvalue weighted by Gasteiger charge is 2.31. The van der Waals surface area contributed by atoms with Gasteiger partial charge in [0.2, 0.25) is 0 Å². The summed E-state index contributed by atoms with van der Waals surface area (Å²) in [5.41, 5.74) is 1.25. The molecule has 0 aliphatic rings. The van der Waals surface area contributed by atoms with Crippen LogP contribution in [0.1, 0.15) is 5.56 Å². The van der Waals surface area contributed by atoms with Crippen LogP contribution in [0.15, 0.2) is 30.6 Å². The Labute approximate surface area is 94.0 Å². The fourth-order valence-electron chi connectivity index (χ4n) is 1.28. The summed E-state index contributed by atoms with van der Waals surface area (Å²) in [6.07, 6.45) is -1.53. The van der Waals surface area contributed by atoms with Crippen molar-refractivity contribution in [3.63, 3.8) is 0 Å². The highest BCUT2D eigenvalue weighted by Crippen LogP contribution is 2.31. The van der Waals surface area contributed by atoms with E-state index in [2.05, 4.69) is 15.5 Å². The van der Waals surface area contributed by atoms with E-state index in [0.29, 0.717) is 0 Å². The number of hydrogen-bond acceptors (Lipinski definition) is 4. The molecule has 2 aromatic rings. The second-order valence-corrected chi connectivity index (χ2v) is 3.19. The van der Waals surface area contributed by atoms with Crippen molar-refractivity contribution in [3.8, 4) is 5.82 Å². The monoisotopic (exact) mass is 243 g/mol. The Balaban J connectivity index is 2.54. The summed E-state index contributed by atoms with van der Waals surface area (Å²) >= 11 is 0. The highest BCUT2D eigenvalue weighted by atomic mass is 19.4. The van der Waals surface area contributed by atoms with Crippen LogP contribution in [0.25, 0.3) is 5.82 Å². The third-order valence-electron chi connectivity index (χ3n) is 2.03. The number of nitrogen functional groups attached to an aromatic ring is 1. The first-order valence-electron chi connectivity index (χ1n) is 4.56. The minimum absolute atomic E-state index is 0.0396. The molecule has 0 atom stereocenters. The highest BCUT2D eigenvalue weighted by molar-refractivity contribution is 5.43. The van der Waals surface area contributed by atoms with E-state index in [1.807, 2.05) is 0 Å². The lowest BCUT2D eigenvalue weighted by Crippen LogP contribution is -2.14. The van der Waals surface area contributed by atoms with E-state index in [-0.39, 0.29) is 11.6 Å². The Hall–Kier alpha value is -2.09. The lowest BCUT2D eigenvalue weighted by atomic mass is 10.2. The summed E-state index contributed by atoms with van der Waals surface area (Å²) in [5.74, 6) is 5.04. The van der Waals surface area contributed by atoms with Crippen LogP contribution < -0.4 is 11.3 Å². The molecular formula is C9H8F3N5. The van der Waals surface area contributed by atoms with Crippen molar-refractivity contribution in [3.05, 3.63) is 36.2 Å². The van der Waals surface area contributed by atoms with Crippen molar-refractivity contribution in [1.82, 2.24) is 14.8 Å². The first-order valence-corrected chi connectivity index (χ1v) is 4.56. The molecule has 90 valence electrons. The molecule has 2 rings (SSSR count). The number of hydrogen-bond donors (Lipinski definition) is 2. The number of alkyl halides is 3. The van der Waals surface area contributed by atoms with E-state index in [1.54, 1.807) is 6.07 Å². The Bertz CT molecular complexity index is 506. The Morgan fingerprint density at radius 2 is 2.06 bits per heavy atom. The maximum Gasteiger partial charge on any atom is 0.416 e. The Morgan fingerprint density at radius 1 is 1.29 bits per heavy atom. The van der Waals surface area contributed by atoms with Crippen molar-refractivity contribution in [2.24, 2.45) is 5.84 Å². The molecule has 0 bridgehead atoms.